The smallest absolute Gasteiger partial charge is 0.338 e. The molecular weight excluding hydrogens is 290 g/mol. The summed E-state index contributed by atoms with van der Waals surface area (Å²) >= 11 is 0. The third kappa shape index (κ3) is 2.53. The zero-order chi connectivity index (χ0) is 15.8. The fourth-order valence-corrected chi connectivity index (χ4v) is 4.73. The van der Waals surface area contributed by atoms with Gasteiger partial charge in [-0.25, -0.2) is 4.79 Å². The number of fused-ring (bicyclic) bond motifs is 3. The molecule has 3 unspecified atom stereocenters. The lowest BCUT2D eigenvalue weighted by molar-refractivity contribution is 0.0497. The molecule has 124 valence electrons. The van der Waals surface area contributed by atoms with E-state index in [2.05, 4.69) is 11.4 Å². The summed E-state index contributed by atoms with van der Waals surface area (Å²) < 4.78 is 11.3. The van der Waals surface area contributed by atoms with Gasteiger partial charge in [0.15, 0.2) is 0 Å². The molecule has 1 aliphatic carbocycles. The van der Waals surface area contributed by atoms with Gasteiger partial charge in [0.2, 0.25) is 0 Å². The normalized spacial score (nSPS) is 29.7. The van der Waals surface area contributed by atoms with Gasteiger partial charge in [-0.2, -0.15) is 0 Å². The maximum Gasteiger partial charge on any atom is 0.338 e. The summed E-state index contributed by atoms with van der Waals surface area (Å²) in [6, 6.07) is 6.37. The first-order chi connectivity index (χ1) is 11.3. The SMILES string of the molecule is CCOC(=O)c1cccc2c1C1OCCC1C(C1CCCC1)N2. The molecule has 0 spiro atoms. The lowest BCUT2D eigenvalue weighted by Crippen LogP contribution is -2.41. The van der Waals surface area contributed by atoms with Crippen LogP contribution >= 0.6 is 0 Å². The second-order valence-electron chi connectivity index (χ2n) is 6.95. The Morgan fingerprint density at radius 1 is 1.30 bits per heavy atom. The molecule has 1 N–H and O–H groups in total. The van der Waals surface area contributed by atoms with Crippen LogP contribution in [0.1, 0.15) is 61.1 Å². The highest BCUT2D eigenvalue weighted by Crippen LogP contribution is 2.49. The van der Waals surface area contributed by atoms with Crippen molar-refractivity contribution in [3.05, 3.63) is 29.3 Å². The van der Waals surface area contributed by atoms with Crippen LogP contribution < -0.4 is 5.32 Å². The maximum atomic E-state index is 12.3. The molecule has 0 bridgehead atoms. The molecule has 1 saturated carbocycles. The number of nitrogens with one attached hydrogen (secondary N) is 1. The van der Waals surface area contributed by atoms with Gasteiger partial charge in [0.25, 0.3) is 0 Å². The predicted molar refractivity (Wildman–Crippen MR) is 88.6 cm³/mol. The number of ether oxygens (including phenoxy) is 2. The van der Waals surface area contributed by atoms with E-state index in [1.807, 2.05) is 19.1 Å². The summed E-state index contributed by atoms with van der Waals surface area (Å²) in [5, 5.41) is 3.76. The van der Waals surface area contributed by atoms with Crippen molar-refractivity contribution >= 4 is 11.7 Å². The molecule has 0 amide bonds. The van der Waals surface area contributed by atoms with E-state index in [1.54, 1.807) is 0 Å². The fourth-order valence-electron chi connectivity index (χ4n) is 4.73. The summed E-state index contributed by atoms with van der Waals surface area (Å²) in [5.41, 5.74) is 2.75. The number of esters is 1. The molecule has 0 aromatic heterocycles. The quantitative estimate of drug-likeness (QED) is 0.859. The molecule has 3 aliphatic rings. The minimum Gasteiger partial charge on any atom is -0.462 e. The predicted octanol–water partition coefficient (Wildman–Crippen LogP) is 3.93. The van der Waals surface area contributed by atoms with E-state index >= 15 is 0 Å². The van der Waals surface area contributed by atoms with Crippen molar-refractivity contribution in [3.8, 4) is 0 Å². The number of benzene rings is 1. The summed E-state index contributed by atoms with van der Waals surface area (Å²) in [5.74, 6) is 0.976. The third-order valence-corrected chi connectivity index (χ3v) is 5.71. The van der Waals surface area contributed by atoms with Gasteiger partial charge in [0, 0.05) is 29.8 Å². The first-order valence-electron chi connectivity index (χ1n) is 8.97. The van der Waals surface area contributed by atoms with E-state index in [0.29, 0.717) is 24.1 Å². The summed E-state index contributed by atoms with van der Waals surface area (Å²) in [7, 11) is 0. The highest BCUT2D eigenvalue weighted by Gasteiger charge is 2.45. The highest BCUT2D eigenvalue weighted by molar-refractivity contribution is 5.93. The number of carbonyl (C=O) groups excluding carboxylic acids is 1. The van der Waals surface area contributed by atoms with Crippen LogP contribution in [0.5, 0.6) is 0 Å². The zero-order valence-electron chi connectivity index (χ0n) is 13.7. The van der Waals surface area contributed by atoms with Crippen LogP contribution in [-0.4, -0.2) is 25.2 Å². The van der Waals surface area contributed by atoms with Crippen LogP contribution in [0.15, 0.2) is 18.2 Å². The van der Waals surface area contributed by atoms with E-state index in [1.165, 1.54) is 25.7 Å². The van der Waals surface area contributed by atoms with E-state index in [-0.39, 0.29) is 12.1 Å². The topological polar surface area (TPSA) is 47.6 Å². The third-order valence-electron chi connectivity index (χ3n) is 5.71. The van der Waals surface area contributed by atoms with Crippen LogP contribution in [0, 0.1) is 11.8 Å². The Morgan fingerprint density at radius 3 is 2.91 bits per heavy atom. The second kappa shape index (κ2) is 6.16. The molecule has 4 nitrogen and oxygen atoms in total. The van der Waals surface area contributed by atoms with Crippen molar-refractivity contribution in [2.45, 2.75) is 51.2 Å². The summed E-state index contributed by atoms with van der Waals surface area (Å²) in [4.78, 5) is 12.3. The average Bonchev–Trinajstić information content (AvgIpc) is 3.25. The molecule has 4 rings (SSSR count). The van der Waals surface area contributed by atoms with Crippen LogP contribution in [0.4, 0.5) is 5.69 Å². The molecule has 2 fully saturated rings. The van der Waals surface area contributed by atoms with Crippen LogP contribution in [0.25, 0.3) is 0 Å². The Kier molecular flexibility index (Phi) is 4.02. The maximum absolute atomic E-state index is 12.3. The molecule has 1 saturated heterocycles. The monoisotopic (exact) mass is 315 g/mol. The van der Waals surface area contributed by atoms with Gasteiger partial charge in [-0.3, -0.25) is 0 Å². The minimum absolute atomic E-state index is 0.0393. The summed E-state index contributed by atoms with van der Waals surface area (Å²) in [6.45, 7) is 3.03. The largest absolute Gasteiger partial charge is 0.462 e. The molecule has 2 aliphatic heterocycles. The first-order valence-corrected chi connectivity index (χ1v) is 8.97. The Hall–Kier alpha value is -1.55. The van der Waals surface area contributed by atoms with E-state index in [9.17, 15) is 4.79 Å². The molecule has 2 heterocycles. The number of hydrogen-bond acceptors (Lipinski definition) is 4. The fraction of sp³-hybridized carbons (Fsp3) is 0.632. The molecular formula is C19H25NO3. The van der Waals surface area contributed by atoms with Gasteiger partial charge in [0.05, 0.1) is 18.3 Å². The van der Waals surface area contributed by atoms with E-state index < -0.39 is 0 Å². The minimum atomic E-state index is -0.236. The Bertz CT molecular complexity index is 594. The van der Waals surface area contributed by atoms with E-state index in [0.717, 1.165) is 30.2 Å². The van der Waals surface area contributed by atoms with Crippen molar-refractivity contribution in [3.63, 3.8) is 0 Å². The zero-order valence-corrected chi connectivity index (χ0v) is 13.7. The van der Waals surface area contributed by atoms with Gasteiger partial charge in [-0.05, 0) is 44.2 Å². The van der Waals surface area contributed by atoms with Crippen LogP contribution in [0.3, 0.4) is 0 Å². The van der Waals surface area contributed by atoms with Crippen LogP contribution in [0.2, 0.25) is 0 Å². The molecule has 3 atom stereocenters. The number of rotatable bonds is 3. The average molecular weight is 315 g/mol. The van der Waals surface area contributed by atoms with Crippen molar-refractivity contribution in [1.29, 1.82) is 0 Å². The second-order valence-corrected chi connectivity index (χ2v) is 6.95. The van der Waals surface area contributed by atoms with Crippen molar-refractivity contribution in [1.82, 2.24) is 0 Å². The van der Waals surface area contributed by atoms with E-state index in [4.69, 9.17) is 9.47 Å². The lowest BCUT2D eigenvalue weighted by atomic mass is 9.76. The molecule has 0 radical (unpaired) electrons. The van der Waals surface area contributed by atoms with Crippen molar-refractivity contribution in [2.24, 2.45) is 11.8 Å². The molecule has 1 aromatic rings. The van der Waals surface area contributed by atoms with Gasteiger partial charge in [0.1, 0.15) is 0 Å². The van der Waals surface area contributed by atoms with Gasteiger partial charge >= 0.3 is 5.97 Å². The van der Waals surface area contributed by atoms with Crippen LogP contribution in [-0.2, 0) is 9.47 Å². The highest BCUT2D eigenvalue weighted by atomic mass is 16.5. The molecule has 23 heavy (non-hydrogen) atoms. The molecule has 1 aromatic carbocycles. The Labute approximate surface area is 137 Å². The number of anilines is 1. The number of hydrogen-bond donors (Lipinski definition) is 1. The molecule has 4 heteroatoms. The van der Waals surface area contributed by atoms with Gasteiger partial charge in [-0.15, -0.1) is 0 Å². The first kappa shape index (κ1) is 15.0. The van der Waals surface area contributed by atoms with Gasteiger partial charge < -0.3 is 14.8 Å². The lowest BCUT2D eigenvalue weighted by Gasteiger charge is -2.40. The summed E-state index contributed by atoms with van der Waals surface area (Å²) in [6.07, 6.45) is 6.43. The number of carbonyl (C=O) groups is 1. The van der Waals surface area contributed by atoms with Gasteiger partial charge in [-0.1, -0.05) is 18.9 Å². The Morgan fingerprint density at radius 2 is 2.13 bits per heavy atom. The van der Waals surface area contributed by atoms with Crippen molar-refractivity contribution in [2.75, 3.05) is 18.5 Å². The Balaban J connectivity index is 1.72. The van der Waals surface area contributed by atoms with Crippen molar-refractivity contribution < 1.29 is 14.3 Å². The standard InChI is InChI=1S/C19H25NO3/c1-2-22-19(21)13-8-5-9-15-16(13)18-14(10-11-23-18)17(20-15)12-6-3-4-7-12/h5,8-9,12,14,17-18,20H,2-4,6-7,10-11H2,1H3.